The van der Waals surface area contributed by atoms with Crippen molar-refractivity contribution in [2.24, 2.45) is 5.41 Å². The molecule has 17 heavy (non-hydrogen) atoms. The number of carbonyl (C=O) groups is 1. The monoisotopic (exact) mass is 264 g/mol. The third-order valence-corrected chi connectivity index (χ3v) is 4.42. The van der Waals surface area contributed by atoms with Crippen LogP contribution in [0.15, 0.2) is 0 Å². The lowest BCUT2D eigenvalue weighted by atomic mass is 9.55. The van der Waals surface area contributed by atoms with E-state index in [0.29, 0.717) is 6.54 Å². The maximum absolute atomic E-state index is 11.8. The fourth-order valence-electron chi connectivity index (χ4n) is 2.53. The molecule has 1 N–H and O–H groups in total. The van der Waals surface area contributed by atoms with E-state index >= 15 is 0 Å². The Kier molecular flexibility index (Phi) is 5.44. The standard InChI is InChI=1S/C12H24N2O2.ClH/c1-11(2)9(7-12(11,3)16-6)14(5)10(15)8-13-4;/h9,13H,7-8H2,1-6H3;1H. The zero-order chi connectivity index (χ0) is 12.6. The zero-order valence-electron chi connectivity index (χ0n) is 11.7. The molecule has 0 spiro atoms. The van der Waals surface area contributed by atoms with E-state index in [1.807, 2.05) is 11.9 Å². The maximum Gasteiger partial charge on any atom is 0.236 e. The number of methoxy groups -OCH3 is 1. The van der Waals surface area contributed by atoms with Crippen molar-refractivity contribution in [2.45, 2.75) is 38.8 Å². The SMILES string of the molecule is CNCC(=O)N(C)C1CC(C)(OC)C1(C)C.Cl. The van der Waals surface area contributed by atoms with Crippen molar-refractivity contribution in [3.63, 3.8) is 0 Å². The molecule has 1 fully saturated rings. The van der Waals surface area contributed by atoms with E-state index in [1.165, 1.54) is 0 Å². The molecule has 0 aliphatic heterocycles. The molecule has 5 heteroatoms. The van der Waals surface area contributed by atoms with Crippen LogP contribution in [0.4, 0.5) is 0 Å². The van der Waals surface area contributed by atoms with Crippen LogP contribution in [-0.2, 0) is 9.53 Å². The number of amides is 1. The van der Waals surface area contributed by atoms with E-state index in [-0.39, 0.29) is 35.4 Å². The van der Waals surface area contributed by atoms with Gasteiger partial charge in [0.05, 0.1) is 12.1 Å². The van der Waals surface area contributed by atoms with Crippen molar-refractivity contribution >= 4 is 18.3 Å². The van der Waals surface area contributed by atoms with E-state index in [4.69, 9.17) is 4.74 Å². The highest BCUT2D eigenvalue weighted by atomic mass is 35.5. The number of hydrogen-bond acceptors (Lipinski definition) is 3. The molecule has 0 aromatic heterocycles. The highest BCUT2D eigenvalue weighted by molar-refractivity contribution is 5.85. The summed E-state index contributed by atoms with van der Waals surface area (Å²) in [7, 11) is 5.41. The Hall–Kier alpha value is -0.320. The molecule has 0 bridgehead atoms. The minimum atomic E-state index is -0.119. The fourth-order valence-corrected chi connectivity index (χ4v) is 2.53. The van der Waals surface area contributed by atoms with E-state index in [9.17, 15) is 4.79 Å². The average Bonchev–Trinajstić information content (AvgIpc) is 2.24. The van der Waals surface area contributed by atoms with Crippen LogP contribution in [0.1, 0.15) is 27.2 Å². The highest BCUT2D eigenvalue weighted by Crippen LogP contribution is 2.53. The Bertz CT molecular complexity index is 284. The third-order valence-electron chi connectivity index (χ3n) is 4.42. The van der Waals surface area contributed by atoms with E-state index in [1.54, 1.807) is 14.2 Å². The fraction of sp³-hybridized carbons (Fsp3) is 0.917. The average molecular weight is 265 g/mol. The first kappa shape index (κ1) is 16.7. The summed E-state index contributed by atoms with van der Waals surface area (Å²) in [4.78, 5) is 13.6. The second-order valence-corrected chi connectivity index (χ2v) is 5.41. The lowest BCUT2D eigenvalue weighted by Gasteiger charge is -2.61. The molecule has 0 radical (unpaired) electrons. The van der Waals surface area contributed by atoms with Gasteiger partial charge in [-0.15, -0.1) is 12.4 Å². The van der Waals surface area contributed by atoms with Gasteiger partial charge in [-0.1, -0.05) is 13.8 Å². The largest absolute Gasteiger partial charge is 0.378 e. The lowest BCUT2D eigenvalue weighted by molar-refractivity contribution is -0.206. The number of nitrogens with zero attached hydrogens (tertiary/aromatic N) is 1. The molecule has 1 aliphatic carbocycles. The number of nitrogens with one attached hydrogen (secondary N) is 1. The van der Waals surface area contributed by atoms with Gasteiger partial charge in [0.15, 0.2) is 0 Å². The normalized spacial score (nSPS) is 30.1. The molecule has 1 aliphatic rings. The third kappa shape index (κ3) is 2.59. The van der Waals surface area contributed by atoms with Crippen LogP contribution in [-0.4, -0.2) is 50.2 Å². The summed E-state index contributed by atoms with van der Waals surface area (Å²) < 4.78 is 5.56. The Morgan fingerprint density at radius 3 is 2.35 bits per heavy atom. The van der Waals surface area contributed by atoms with Crippen molar-refractivity contribution in [2.75, 3.05) is 27.7 Å². The van der Waals surface area contributed by atoms with Gasteiger partial charge in [0.1, 0.15) is 0 Å². The van der Waals surface area contributed by atoms with Crippen LogP contribution in [0.25, 0.3) is 0 Å². The predicted molar refractivity (Wildman–Crippen MR) is 71.5 cm³/mol. The van der Waals surface area contributed by atoms with E-state index < -0.39 is 0 Å². The van der Waals surface area contributed by atoms with E-state index in [2.05, 4.69) is 26.1 Å². The first-order valence-corrected chi connectivity index (χ1v) is 5.75. The Labute approximate surface area is 110 Å². The molecule has 0 aromatic carbocycles. The van der Waals surface area contributed by atoms with Gasteiger partial charge >= 0.3 is 0 Å². The van der Waals surface area contributed by atoms with Gasteiger partial charge in [0, 0.05) is 25.6 Å². The number of rotatable bonds is 4. The van der Waals surface area contributed by atoms with Gasteiger partial charge in [-0.2, -0.15) is 0 Å². The van der Waals surface area contributed by atoms with Crippen LogP contribution in [0.5, 0.6) is 0 Å². The molecule has 0 saturated heterocycles. The molecule has 4 nitrogen and oxygen atoms in total. The Morgan fingerprint density at radius 2 is 2.00 bits per heavy atom. The van der Waals surface area contributed by atoms with Crippen molar-refractivity contribution in [3.8, 4) is 0 Å². The minimum Gasteiger partial charge on any atom is -0.378 e. The summed E-state index contributed by atoms with van der Waals surface area (Å²) in [6.45, 7) is 6.83. The van der Waals surface area contributed by atoms with Crippen LogP contribution >= 0.6 is 12.4 Å². The van der Waals surface area contributed by atoms with Crippen LogP contribution in [0, 0.1) is 5.41 Å². The Morgan fingerprint density at radius 1 is 1.47 bits per heavy atom. The number of likely N-dealkylation sites (N-methyl/N-ethyl adjacent to an activating group) is 2. The first-order valence-electron chi connectivity index (χ1n) is 5.75. The molecular weight excluding hydrogens is 240 g/mol. The smallest absolute Gasteiger partial charge is 0.236 e. The minimum absolute atomic E-state index is 0. The summed E-state index contributed by atoms with van der Waals surface area (Å²) in [6.07, 6.45) is 0.905. The summed E-state index contributed by atoms with van der Waals surface area (Å²) in [5.41, 5.74) is -0.119. The van der Waals surface area contributed by atoms with Gasteiger partial charge in [-0.3, -0.25) is 4.79 Å². The first-order chi connectivity index (χ1) is 7.30. The maximum atomic E-state index is 11.8. The van der Waals surface area contributed by atoms with Crippen LogP contribution in [0.2, 0.25) is 0 Å². The van der Waals surface area contributed by atoms with Crippen molar-refractivity contribution < 1.29 is 9.53 Å². The van der Waals surface area contributed by atoms with Gasteiger partial charge in [0.25, 0.3) is 0 Å². The molecule has 1 rings (SSSR count). The molecule has 1 amide bonds. The van der Waals surface area contributed by atoms with Gasteiger partial charge in [0.2, 0.25) is 5.91 Å². The van der Waals surface area contributed by atoms with Crippen molar-refractivity contribution in [1.29, 1.82) is 0 Å². The topological polar surface area (TPSA) is 41.6 Å². The molecule has 2 atom stereocenters. The lowest BCUT2D eigenvalue weighted by Crippen LogP contribution is -2.69. The second kappa shape index (κ2) is 5.55. The highest BCUT2D eigenvalue weighted by Gasteiger charge is 2.59. The summed E-state index contributed by atoms with van der Waals surface area (Å²) in [5.74, 6) is 0.138. The molecular formula is C12H25ClN2O2. The zero-order valence-corrected chi connectivity index (χ0v) is 12.5. The molecule has 0 aromatic rings. The van der Waals surface area contributed by atoms with Crippen LogP contribution in [0.3, 0.4) is 0 Å². The number of carbonyl (C=O) groups excluding carboxylic acids is 1. The predicted octanol–water partition coefficient (Wildman–Crippen LogP) is 1.29. The van der Waals surface area contributed by atoms with Crippen molar-refractivity contribution in [3.05, 3.63) is 0 Å². The molecule has 0 heterocycles. The molecule has 1 saturated carbocycles. The quantitative estimate of drug-likeness (QED) is 0.832. The number of halogens is 1. The Balaban J connectivity index is 0.00000256. The number of hydrogen-bond donors (Lipinski definition) is 1. The molecule has 102 valence electrons. The van der Waals surface area contributed by atoms with Crippen molar-refractivity contribution in [1.82, 2.24) is 10.2 Å². The summed E-state index contributed by atoms with van der Waals surface area (Å²) in [6, 6.07) is 0.262. The van der Waals surface area contributed by atoms with Gasteiger partial charge < -0.3 is 15.0 Å². The summed E-state index contributed by atoms with van der Waals surface area (Å²) >= 11 is 0. The second-order valence-electron chi connectivity index (χ2n) is 5.41. The van der Waals surface area contributed by atoms with Gasteiger partial charge in [-0.25, -0.2) is 0 Å². The number of ether oxygens (including phenoxy) is 1. The van der Waals surface area contributed by atoms with E-state index in [0.717, 1.165) is 6.42 Å². The van der Waals surface area contributed by atoms with Crippen LogP contribution < -0.4 is 5.32 Å². The summed E-state index contributed by atoms with van der Waals surface area (Å²) in [5, 5.41) is 2.89. The van der Waals surface area contributed by atoms with Gasteiger partial charge in [-0.05, 0) is 20.4 Å². The molecule has 2 unspecified atom stereocenters.